The average molecular weight is 345 g/mol. The molecule has 0 aromatic carbocycles. The number of halogens is 1. The van der Waals surface area contributed by atoms with E-state index in [1.54, 1.807) is 6.20 Å². The van der Waals surface area contributed by atoms with Crippen LogP contribution in [0.3, 0.4) is 0 Å². The van der Waals surface area contributed by atoms with Gasteiger partial charge in [-0.1, -0.05) is 6.92 Å². The summed E-state index contributed by atoms with van der Waals surface area (Å²) in [6, 6.07) is 6.21. The lowest BCUT2D eigenvalue weighted by Crippen LogP contribution is -2.11. The van der Waals surface area contributed by atoms with Gasteiger partial charge in [0.2, 0.25) is 0 Å². The van der Waals surface area contributed by atoms with Gasteiger partial charge in [-0.15, -0.1) is 0 Å². The normalized spacial score (nSPS) is 11.1. The van der Waals surface area contributed by atoms with Crippen LogP contribution in [0.15, 0.2) is 47.5 Å². The summed E-state index contributed by atoms with van der Waals surface area (Å²) >= 11 is 3.47. The van der Waals surface area contributed by atoms with Crippen LogP contribution in [0.2, 0.25) is 0 Å². The van der Waals surface area contributed by atoms with Gasteiger partial charge < -0.3 is 9.88 Å². The maximum absolute atomic E-state index is 4.53. The molecule has 0 aliphatic heterocycles. The number of hydrogen-bond acceptors (Lipinski definition) is 3. The van der Waals surface area contributed by atoms with Crippen molar-refractivity contribution in [3.8, 4) is 0 Å². The number of fused-ring (bicyclic) bond motifs is 1. The van der Waals surface area contributed by atoms with E-state index in [1.165, 1.54) is 10.9 Å². The molecule has 0 atom stereocenters. The quantitative estimate of drug-likeness (QED) is 0.771. The zero-order valence-corrected chi connectivity index (χ0v) is 13.5. The summed E-state index contributed by atoms with van der Waals surface area (Å²) in [6.07, 6.45) is 7.71. The molecule has 0 radical (unpaired) electrons. The highest BCUT2D eigenvalue weighted by Gasteiger charge is 2.09. The Kier molecular flexibility index (Phi) is 4.31. The fourth-order valence-corrected chi connectivity index (χ4v) is 2.87. The molecule has 3 aromatic rings. The number of aromatic nitrogens is 3. The minimum absolute atomic E-state index is 0.770. The Hall–Kier alpha value is -1.72. The molecule has 5 heteroatoms. The molecule has 0 unspecified atom stereocenters. The molecular formula is C16H17BrN4. The van der Waals surface area contributed by atoms with E-state index in [-0.39, 0.29) is 0 Å². The highest BCUT2D eigenvalue weighted by atomic mass is 79.9. The Balaban J connectivity index is 1.98. The number of pyridine rings is 2. The van der Waals surface area contributed by atoms with Gasteiger partial charge in [0.25, 0.3) is 0 Å². The molecule has 0 saturated heterocycles. The van der Waals surface area contributed by atoms with E-state index in [2.05, 4.69) is 61.0 Å². The summed E-state index contributed by atoms with van der Waals surface area (Å²) in [6.45, 7) is 4.71. The summed E-state index contributed by atoms with van der Waals surface area (Å²) in [4.78, 5) is 8.76. The van der Waals surface area contributed by atoms with Crippen molar-refractivity contribution in [2.75, 3.05) is 6.54 Å². The van der Waals surface area contributed by atoms with Gasteiger partial charge in [-0.05, 0) is 51.8 Å². The second-order valence-electron chi connectivity index (χ2n) is 4.95. The molecule has 3 rings (SSSR count). The fourth-order valence-electron chi connectivity index (χ4n) is 2.46. The molecule has 0 aliphatic rings. The van der Waals surface area contributed by atoms with E-state index in [1.807, 2.05) is 18.5 Å². The van der Waals surface area contributed by atoms with Gasteiger partial charge in [0.05, 0.1) is 6.54 Å². The first-order valence-electron chi connectivity index (χ1n) is 7.01. The average Bonchev–Trinajstić information content (AvgIpc) is 2.84. The predicted octanol–water partition coefficient (Wildman–Crippen LogP) is 3.35. The molecule has 0 saturated carbocycles. The minimum Gasteiger partial charge on any atom is -0.328 e. The fraction of sp³-hybridized carbons (Fsp3) is 0.250. The lowest BCUT2D eigenvalue weighted by molar-refractivity contribution is 0.723. The van der Waals surface area contributed by atoms with E-state index in [9.17, 15) is 0 Å². The second kappa shape index (κ2) is 6.37. The maximum atomic E-state index is 4.53. The zero-order chi connectivity index (χ0) is 14.7. The Labute approximate surface area is 132 Å². The molecule has 3 heterocycles. The van der Waals surface area contributed by atoms with Crippen molar-refractivity contribution in [1.82, 2.24) is 19.9 Å². The Morgan fingerprint density at radius 1 is 1.33 bits per heavy atom. The number of rotatable bonds is 5. The van der Waals surface area contributed by atoms with Crippen LogP contribution >= 0.6 is 15.9 Å². The lowest BCUT2D eigenvalue weighted by Gasteiger charge is -2.04. The first kappa shape index (κ1) is 14.2. The molecule has 0 spiro atoms. The summed E-state index contributed by atoms with van der Waals surface area (Å²) < 4.78 is 3.18. The Morgan fingerprint density at radius 2 is 2.24 bits per heavy atom. The summed E-state index contributed by atoms with van der Waals surface area (Å²) in [5.74, 6) is 0. The van der Waals surface area contributed by atoms with Gasteiger partial charge in [0.1, 0.15) is 5.65 Å². The Bertz CT molecular complexity index is 751. The minimum atomic E-state index is 0.770. The third-order valence-corrected chi connectivity index (χ3v) is 3.83. The standard InChI is InChI=1S/C16H17BrN4/c1-2-18-8-13-11-21(16-15(13)4-3-5-20-16)10-12-6-14(17)9-19-7-12/h3-7,9,11,18H,2,8,10H2,1H3. The van der Waals surface area contributed by atoms with Gasteiger partial charge in [-0.2, -0.15) is 0 Å². The largest absolute Gasteiger partial charge is 0.328 e. The summed E-state index contributed by atoms with van der Waals surface area (Å²) in [5, 5.41) is 4.59. The zero-order valence-electron chi connectivity index (χ0n) is 11.9. The van der Waals surface area contributed by atoms with E-state index < -0.39 is 0 Å². The van der Waals surface area contributed by atoms with Crippen LogP contribution in [-0.4, -0.2) is 21.1 Å². The number of nitrogens with zero attached hydrogens (tertiary/aromatic N) is 3. The number of nitrogens with one attached hydrogen (secondary N) is 1. The van der Waals surface area contributed by atoms with Crippen LogP contribution in [0.1, 0.15) is 18.1 Å². The first-order valence-corrected chi connectivity index (χ1v) is 7.80. The van der Waals surface area contributed by atoms with Crippen molar-refractivity contribution in [1.29, 1.82) is 0 Å². The molecule has 1 N–H and O–H groups in total. The molecule has 0 fully saturated rings. The van der Waals surface area contributed by atoms with Crippen LogP contribution in [-0.2, 0) is 13.1 Å². The first-order chi connectivity index (χ1) is 10.3. The van der Waals surface area contributed by atoms with Gasteiger partial charge in [0, 0.05) is 41.2 Å². The second-order valence-corrected chi connectivity index (χ2v) is 5.86. The van der Waals surface area contributed by atoms with Crippen LogP contribution in [0.5, 0.6) is 0 Å². The highest BCUT2D eigenvalue weighted by molar-refractivity contribution is 9.10. The third kappa shape index (κ3) is 3.14. The summed E-state index contributed by atoms with van der Waals surface area (Å²) in [7, 11) is 0. The van der Waals surface area contributed by atoms with E-state index in [0.29, 0.717) is 0 Å². The van der Waals surface area contributed by atoms with Gasteiger partial charge in [-0.3, -0.25) is 4.98 Å². The molecule has 3 aromatic heterocycles. The van der Waals surface area contributed by atoms with E-state index >= 15 is 0 Å². The van der Waals surface area contributed by atoms with Crippen LogP contribution in [0, 0.1) is 0 Å². The molecule has 4 nitrogen and oxygen atoms in total. The molecule has 108 valence electrons. The summed E-state index contributed by atoms with van der Waals surface area (Å²) in [5.41, 5.74) is 3.45. The molecule has 0 amide bonds. The van der Waals surface area contributed by atoms with Crippen molar-refractivity contribution < 1.29 is 0 Å². The van der Waals surface area contributed by atoms with E-state index in [0.717, 1.165) is 35.3 Å². The van der Waals surface area contributed by atoms with Gasteiger partial charge in [0.15, 0.2) is 0 Å². The maximum Gasteiger partial charge on any atom is 0.140 e. The third-order valence-electron chi connectivity index (χ3n) is 3.40. The Morgan fingerprint density at radius 3 is 3.05 bits per heavy atom. The predicted molar refractivity (Wildman–Crippen MR) is 88.2 cm³/mol. The smallest absolute Gasteiger partial charge is 0.140 e. The number of hydrogen-bond donors (Lipinski definition) is 1. The SMILES string of the molecule is CCNCc1cn(Cc2cncc(Br)c2)c2ncccc12. The molecule has 21 heavy (non-hydrogen) atoms. The highest BCUT2D eigenvalue weighted by Crippen LogP contribution is 2.21. The molecule has 0 aliphatic carbocycles. The molecule has 0 bridgehead atoms. The van der Waals surface area contributed by atoms with Crippen molar-refractivity contribution in [2.45, 2.75) is 20.0 Å². The van der Waals surface area contributed by atoms with Crippen LogP contribution < -0.4 is 5.32 Å². The van der Waals surface area contributed by atoms with Crippen LogP contribution in [0.25, 0.3) is 11.0 Å². The van der Waals surface area contributed by atoms with Crippen molar-refractivity contribution in [3.05, 3.63) is 58.6 Å². The van der Waals surface area contributed by atoms with Crippen molar-refractivity contribution in [2.24, 2.45) is 0 Å². The molecular weight excluding hydrogens is 328 g/mol. The topological polar surface area (TPSA) is 42.7 Å². The van der Waals surface area contributed by atoms with Gasteiger partial charge >= 0.3 is 0 Å². The van der Waals surface area contributed by atoms with Crippen molar-refractivity contribution >= 4 is 27.0 Å². The van der Waals surface area contributed by atoms with Crippen LogP contribution in [0.4, 0.5) is 0 Å². The van der Waals surface area contributed by atoms with E-state index in [4.69, 9.17) is 0 Å². The lowest BCUT2D eigenvalue weighted by atomic mass is 10.2. The van der Waals surface area contributed by atoms with Gasteiger partial charge in [-0.25, -0.2) is 4.98 Å². The monoisotopic (exact) mass is 344 g/mol. The van der Waals surface area contributed by atoms with Crippen molar-refractivity contribution in [3.63, 3.8) is 0 Å².